The lowest BCUT2D eigenvalue weighted by molar-refractivity contribution is -0.131. The van der Waals surface area contributed by atoms with Crippen molar-refractivity contribution in [3.8, 4) is 5.75 Å². The normalized spacial score (nSPS) is 17.0. The number of rotatable bonds is 4. The molecule has 1 fully saturated rings. The highest BCUT2D eigenvalue weighted by molar-refractivity contribution is 5.99. The van der Waals surface area contributed by atoms with Gasteiger partial charge in [-0.2, -0.15) is 0 Å². The minimum absolute atomic E-state index is 0.0806. The third-order valence-corrected chi connectivity index (χ3v) is 5.24. The molecule has 1 aromatic carbocycles. The fraction of sp³-hybridized carbons (Fsp3) is 0.364. The summed E-state index contributed by atoms with van der Waals surface area (Å²) in [6.07, 6.45) is 9.56. The van der Waals surface area contributed by atoms with Gasteiger partial charge < -0.3 is 9.64 Å². The van der Waals surface area contributed by atoms with E-state index in [2.05, 4.69) is 4.98 Å². The number of carbonyl (C=O) groups is 1. The summed E-state index contributed by atoms with van der Waals surface area (Å²) in [5.41, 5.74) is 2.64. The van der Waals surface area contributed by atoms with Crippen LogP contribution in [0.4, 0.5) is 0 Å². The third-order valence-electron chi connectivity index (χ3n) is 5.24. The van der Waals surface area contributed by atoms with Crippen molar-refractivity contribution < 1.29 is 9.53 Å². The molecular formula is C22H24N2O2. The SMILES string of the molecule is O=C(C1=Cc2ccccc2OC1)N(Cc1ccccn1)C1CCCCC1. The number of amides is 1. The fourth-order valence-electron chi connectivity index (χ4n) is 3.85. The first-order valence-electron chi connectivity index (χ1n) is 9.44. The Balaban J connectivity index is 1.60. The van der Waals surface area contributed by atoms with Crippen molar-refractivity contribution in [2.24, 2.45) is 0 Å². The highest BCUT2D eigenvalue weighted by Crippen LogP contribution is 2.29. The van der Waals surface area contributed by atoms with Crippen molar-refractivity contribution in [2.45, 2.75) is 44.7 Å². The Morgan fingerprint density at radius 1 is 1.08 bits per heavy atom. The van der Waals surface area contributed by atoms with Crippen LogP contribution in [0.15, 0.2) is 54.2 Å². The molecule has 4 nitrogen and oxygen atoms in total. The van der Waals surface area contributed by atoms with E-state index in [0.29, 0.717) is 13.2 Å². The summed E-state index contributed by atoms with van der Waals surface area (Å²) in [5, 5.41) is 0. The number of ether oxygens (including phenoxy) is 1. The van der Waals surface area contributed by atoms with E-state index >= 15 is 0 Å². The molecule has 2 aliphatic rings. The van der Waals surface area contributed by atoms with Gasteiger partial charge >= 0.3 is 0 Å². The van der Waals surface area contributed by atoms with Crippen LogP contribution in [-0.4, -0.2) is 28.4 Å². The van der Waals surface area contributed by atoms with Crippen LogP contribution in [0.3, 0.4) is 0 Å². The maximum absolute atomic E-state index is 13.4. The maximum Gasteiger partial charge on any atom is 0.253 e. The maximum atomic E-state index is 13.4. The number of fused-ring (bicyclic) bond motifs is 1. The van der Waals surface area contributed by atoms with Gasteiger partial charge in [-0.05, 0) is 37.1 Å². The number of nitrogens with zero attached hydrogens (tertiary/aromatic N) is 2. The molecule has 1 saturated carbocycles. The summed E-state index contributed by atoms with van der Waals surface area (Å²) in [4.78, 5) is 19.8. The third kappa shape index (κ3) is 3.64. The average Bonchev–Trinajstić information content (AvgIpc) is 2.72. The largest absolute Gasteiger partial charge is 0.488 e. The number of hydrogen-bond acceptors (Lipinski definition) is 3. The van der Waals surface area contributed by atoms with Gasteiger partial charge in [0.25, 0.3) is 5.91 Å². The standard InChI is InChI=1S/C22H24N2O2/c25-22(18-14-17-8-4-5-12-21(17)26-16-18)24(20-10-2-1-3-11-20)15-19-9-6-7-13-23-19/h4-9,12-14,20H,1-3,10-11,15-16H2. The lowest BCUT2D eigenvalue weighted by Crippen LogP contribution is -2.42. The minimum Gasteiger partial charge on any atom is -0.488 e. The van der Waals surface area contributed by atoms with Crippen molar-refractivity contribution >= 4 is 12.0 Å². The van der Waals surface area contributed by atoms with E-state index in [-0.39, 0.29) is 11.9 Å². The van der Waals surface area contributed by atoms with E-state index in [1.165, 1.54) is 19.3 Å². The molecule has 4 rings (SSSR count). The summed E-state index contributed by atoms with van der Waals surface area (Å²) in [7, 11) is 0. The minimum atomic E-state index is 0.0806. The number of benzene rings is 1. The summed E-state index contributed by atoms with van der Waals surface area (Å²) in [6.45, 7) is 0.893. The number of pyridine rings is 1. The predicted molar refractivity (Wildman–Crippen MR) is 102 cm³/mol. The Morgan fingerprint density at radius 3 is 2.69 bits per heavy atom. The molecule has 0 radical (unpaired) electrons. The van der Waals surface area contributed by atoms with Gasteiger partial charge in [-0.1, -0.05) is 43.5 Å². The van der Waals surface area contributed by atoms with Crippen LogP contribution >= 0.6 is 0 Å². The van der Waals surface area contributed by atoms with Gasteiger partial charge in [0.05, 0.1) is 17.8 Å². The zero-order valence-electron chi connectivity index (χ0n) is 14.9. The number of carbonyl (C=O) groups excluding carboxylic acids is 1. The molecule has 2 aromatic rings. The van der Waals surface area contributed by atoms with Gasteiger partial charge in [0.2, 0.25) is 0 Å². The lowest BCUT2D eigenvalue weighted by Gasteiger charge is -2.35. The molecule has 0 saturated heterocycles. The van der Waals surface area contributed by atoms with E-state index < -0.39 is 0 Å². The van der Waals surface area contributed by atoms with Gasteiger partial charge in [-0.3, -0.25) is 9.78 Å². The molecule has 0 bridgehead atoms. The second-order valence-electron chi connectivity index (χ2n) is 7.04. The van der Waals surface area contributed by atoms with E-state index in [1.54, 1.807) is 6.20 Å². The van der Waals surface area contributed by atoms with Gasteiger partial charge in [0.15, 0.2) is 0 Å². The molecule has 0 spiro atoms. The molecule has 1 aromatic heterocycles. The Hall–Kier alpha value is -2.62. The molecule has 0 unspecified atom stereocenters. The first-order chi connectivity index (χ1) is 12.8. The van der Waals surface area contributed by atoms with Gasteiger partial charge in [-0.25, -0.2) is 0 Å². The zero-order valence-corrected chi connectivity index (χ0v) is 14.9. The molecule has 4 heteroatoms. The molecule has 134 valence electrons. The summed E-state index contributed by atoms with van der Waals surface area (Å²) < 4.78 is 5.81. The van der Waals surface area contributed by atoms with Crippen molar-refractivity contribution in [1.29, 1.82) is 0 Å². The van der Waals surface area contributed by atoms with Crippen LogP contribution < -0.4 is 4.74 Å². The molecule has 0 N–H and O–H groups in total. The molecule has 0 atom stereocenters. The molecule has 26 heavy (non-hydrogen) atoms. The number of hydrogen-bond donors (Lipinski definition) is 0. The Bertz CT molecular complexity index is 795. The van der Waals surface area contributed by atoms with Crippen molar-refractivity contribution in [1.82, 2.24) is 9.88 Å². The van der Waals surface area contributed by atoms with Crippen LogP contribution in [0, 0.1) is 0 Å². The first kappa shape index (κ1) is 16.8. The number of aromatic nitrogens is 1. The quantitative estimate of drug-likeness (QED) is 0.831. The molecule has 1 aliphatic heterocycles. The number of para-hydroxylation sites is 1. The molecule has 2 heterocycles. The van der Waals surface area contributed by atoms with Gasteiger partial charge in [0, 0.05) is 17.8 Å². The van der Waals surface area contributed by atoms with E-state index in [4.69, 9.17) is 4.74 Å². The average molecular weight is 348 g/mol. The van der Waals surface area contributed by atoms with Crippen molar-refractivity contribution in [2.75, 3.05) is 6.61 Å². The van der Waals surface area contributed by atoms with Crippen LogP contribution in [-0.2, 0) is 11.3 Å². The van der Waals surface area contributed by atoms with Crippen LogP contribution in [0.1, 0.15) is 43.4 Å². The van der Waals surface area contributed by atoms with Crippen molar-refractivity contribution in [3.05, 3.63) is 65.5 Å². The molecule has 1 aliphatic carbocycles. The Labute approximate surface area is 154 Å². The topological polar surface area (TPSA) is 42.4 Å². The summed E-state index contributed by atoms with van der Waals surface area (Å²) in [6, 6.07) is 14.0. The van der Waals surface area contributed by atoms with E-state index in [9.17, 15) is 4.79 Å². The Morgan fingerprint density at radius 2 is 1.88 bits per heavy atom. The Kier molecular flexibility index (Phi) is 5.00. The van der Waals surface area contributed by atoms with E-state index in [0.717, 1.165) is 35.4 Å². The smallest absolute Gasteiger partial charge is 0.253 e. The van der Waals surface area contributed by atoms with Crippen molar-refractivity contribution in [3.63, 3.8) is 0 Å². The van der Waals surface area contributed by atoms with Crippen LogP contribution in [0.25, 0.3) is 6.08 Å². The first-order valence-corrected chi connectivity index (χ1v) is 9.44. The predicted octanol–water partition coefficient (Wildman–Crippen LogP) is 4.22. The fourth-order valence-corrected chi connectivity index (χ4v) is 3.85. The van der Waals surface area contributed by atoms with Gasteiger partial charge in [0.1, 0.15) is 12.4 Å². The molecule has 1 amide bonds. The highest BCUT2D eigenvalue weighted by Gasteiger charge is 2.29. The van der Waals surface area contributed by atoms with Crippen LogP contribution in [0.5, 0.6) is 5.75 Å². The van der Waals surface area contributed by atoms with E-state index in [1.807, 2.05) is 53.4 Å². The van der Waals surface area contributed by atoms with Crippen LogP contribution in [0.2, 0.25) is 0 Å². The highest BCUT2D eigenvalue weighted by atomic mass is 16.5. The second-order valence-corrected chi connectivity index (χ2v) is 7.04. The van der Waals surface area contributed by atoms with Gasteiger partial charge in [-0.15, -0.1) is 0 Å². The zero-order chi connectivity index (χ0) is 17.8. The molecular weight excluding hydrogens is 324 g/mol. The lowest BCUT2D eigenvalue weighted by atomic mass is 9.93. The second kappa shape index (κ2) is 7.73. The summed E-state index contributed by atoms with van der Waals surface area (Å²) >= 11 is 0. The summed E-state index contributed by atoms with van der Waals surface area (Å²) in [5.74, 6) is 0.926. The monoisotopic (exact) mass is 348 g/mol.